The molecule has 0 aliphatic carbocycles. The van der Waals surface area contributed by atoms with Crippen LogP contribution < -0.4 is 5.32 Å². The summed E-state index contributed by atoms with van der Waals surface area (Å²) >= 11 is 0. The molecule has 1 N–H and O–H groups in total. The van der Waals surface area contributed by atoms with Gasteiger partial charge in [0.05, 0.1) is 12.6 Å². The Bertz CT molecular complexity index is 605. The Balaban J connectivity index is 1.93. The van der Waals surface area contributed by atoms with E-state index in [0.717, 1.165) is 5.56 Å². The van der Waals surface area contributed by atoms with Crippen LogP contribution in [0.3, 0.4) is 0 Å². The molecule has 2 rings (SSSR count). The van der Waals surface area contributed by atoms with Crippen molar-refractivity contribution >= 4 is 11.9 Å². The van der Waals surface area contributed by atoms with E-state index >= 15 is 0 Å². The summed E-state index contributed by atoms with van der Waals surface area (Å²) in [7, 11) is 5.40. The van der Waals surface area contributed by atoms with E-state index in [2.05, 4.69) is 24.1 Å². The summed E-state index contributed by atoms with van der Waals surface area (Å²) in [5, 5.41) is 3.06. The zero-order valence-corrected chi connectivity index (χ0v) is 16.5. The van der Waals surface area contributed by atoms with E-state index in [9.17, 15) is 9.59 Å². The molecule has 1 aromatic rings. The summed E-state index contributed by atoms with van der Waals surface area (Å²) in [5.41, 5.74) is 1.13. The fourth-order valence-electron chi connectivity index (χ4n) is 3.34. The smallest absolute Gasteiger partial charge is 0.317 e. The number of nitrogens with one attached hydrogen (secondary N) is 1. The summed E-state index contributed by atoms with van der Waals surface area (Å²) in [6.07, 6.45) is 3.52. The minimum absolute atomic E-state index is 0.000598. The first-order valence-electron chi connectivity index (χ1n) is 9.11. The van der Waals surface area contributed by atoms with Gasteiger partial charge in [0, 0.05) is 52.0 Å². The van der Waals surface area contributed by atoms with Gasteiger partial charge in [0.2, 0.25) is 5.91 Å². The van der Waals surface area contributed by atoms with Crippen LogP contribution in [0.4, 0.5) is 4.79 Å². The molecule has 1 aromatic heterocycles. The van der Waals surface area contributed by atoms with Crippen LogP contribution >= 0.6 is 0 Å². The second-order valence-electron chi connectivity index (χ2n) is 7.68. The van der Waals surface area contributed by atoms with Crippen molar-refractivity contribution < 1.29 is 9.59 Å². The maximum absolute atomic E-state index is 12.7. The van der Waals surface area contributed by atoms with Gasteiger partial charge in [-0.3, -0.25) is 14.7 Å². The van der Waals surface area contributed by atoms with Crippen molar-refractivity contribution in [3.8, 4) is 0 Å². The van der Waals surface area contributed by atoms with Crippen LogP contribution in [0.15, 0.2) is 24.5 Å². The van der Waals surface area contributed by atoms with Crippen LogP contribution in [0.25, 0.3) is 0 Å². The zero-order chi connectivity index (χ0) is 19.3. The number of aromatic nitrogens is 1. The van der Waals surface area contributed by atoms with E-state index in [-0.39, 0.29) is 23.9 Å². The fourth-order valence-corrected chi connectivity index (χ4v) is 3.34. The molecule has 26 heavy (non-hydrogen) atoms. The number of amides is 3. The van der Waals surface area contributed by atoms with Gasteiger partial charge in [-0.05, 0) is 30.7 Å². The lowest BCUT2D eigenvalue weighted by Gasteiger charge is -2.24. The molecule has 1 aliphatic rings. The first-order chi connectivity index (χ1) is 12.3. The Hall–Kier alpha value is -2.15. The molecular weight excluding hydrogens is 330 g/mol. The highest BCUT2D eigenvalue weighted by Crippen LogP contribution is 2.25. The second kappa shape index (κ2) is 8.98. The van der Waals surface area contributed by atoms with Gasteiger partial charge in [-0.2, -0.15) is 0 Å². The Morgan fingerprint density at radius 1 is 1.23 bits per heavy atom. The van der Waals surface area contributed by atoms with Crippen molar-refractivity contribution in [1.29, 1.82) is 0 Å². The molecule has 2 atom stereocenters. The standard InChI is InChI=1S/C19H31N5O2/c1-14(2)16-11-24(12-17(16)21-19(26)22(3)4)18(25)13-23(5)10-15-6-8-20-9-7-15/h6-9,14,16-17H,10-13H2,1-5H3,(H,21,26)/t16-,17+/m0/s1. The van der Waals surface area contributed by atoms with Gasteiger partial charge in [0.1, 0.15) is 0 Å². The van der Waals surface area contributed by atoms with E-state index in [1.54, 1.807) is 26.5 Å². The van der Waals surface area contributed by atoms with Gasteiger partial charge in [-0.25, -0.2) is 4.79 Å². The first kappa shape index (κ1) is 20.2. The molecule has 2 heterocycles. The average Bonchev–Trinajstić information content (AvgIpc) is 2.99. The molecule has 144 valence electrons. The number of hydrogen-bond donors (Lipinski definition) is 1. The predicted octanol–water partition coefficient (Wildman–Crippen LogP) is 1.27. The van der Waals surface area contributed by atoms with Gasteiger partial charge in [-0.15, -0.1) is 0 Å². The maximum Gasteiger partial charge on any atom is 0.317 e. The Labute approximate surface area is 156 Å². The summed E-state index contributed by atoms with van der Waals surface area (Å²) in [4.78, 5) is 34.2. The molecule has 1 saturated heterocycles. The average molecular weight is 361 g/mol. The highest BCUT2D eigenvalue weighted by molar-refractivity contribution is 5.79. The molecule has 0 saturated carbocycles. The van der Waals surface area contributed by atoms with Crippen molar-refractivity contribution in [1.82, 2.24) is 25.0 Å². The fraction of sp³-hybridized carbons (Fsp3) is 0.632. The van der Waals surface area contributed by atoms with E-state index in [0.29, 0.717) is 32.1 Å². The largest absolute Gasteiger partial charge is 0.339 e. The lowest BCUT2D eigenvalue weighted by Crippen LogP contribution is -2.46. The first-order valence-corrected chi connectivity index (χ1v) is 9.11. The maximum atomic E-state index is 12.7. The third kappa shape index (κ3) is 5.42. The van der Waals surface area contributed by atoms with Crippen LogP contribution in [0.5, 0.6) is 0 Å². The van der Waals surface area contributed by atoms with E-state index in [4.69, 9.17) is 0 Å². The summed E-state index contributed by atoms with van der Waals surface area (Å²) in [5.74, 6) is 0.775. The van der Waals surface area contributed by atoms with Crippen molar-refractivity contribution in [2.45, 2.75) is 26.4 Å². The number of rotatable bonds is 6. The topological polar surface area (TPSA) is 68.8 Å². The molecule has 1 aliphatic heterocycles. The Morgan fingerprint density at radius 2 is 1.88 bits per heavy atom. The Kier molecular flexibility index (Phi) is 6.97. The van der Waals surface area contributed by atoms with Crippen molar-refractivity contribution in [2.75, 3.05) is 40.8 Å². The minimum atomic E-state index is -0.107. The number of carbonyl (C=O) groups excluding carboxylic acids is 2. The van der Waals surface area contributed by atoms with Gasteiger partial charge in [0.15, 0.2) is 0 Å². The third-order valence-corrected chi connectivity index (χ3v) is 4.90. The van der Waals surface area contributed by atoms with Gasteiger partial charge >= 0.3 is 6.03 Å². The molecule has 0 bridgehead atoms. The minimum Gasteiger partial charge on any atom is -0.339 e. The number of hydrogen-bond acceptors (Lipinski definition) is 4. The van der Waals surface area contributed by atoms with Gasteiger partial charge < -0.3 is 15.1 Å². The number of nitrogens with zero attached hydrogens (tertiary/aromatic N) is 4. The van der Waals surface area contributed by atoms with E-state index < -0.39 is 0 Å². The van der Waals surface area contributed by atoms with Crippen molar-refractivity contribution in [3.05, 3.63) is 30.1 Å². The van der Waals surface area contributed by atoms with Crippen LogP contribution in [0, 0.1) is 11.8 Å². The molecule has 0 unspecified atom stereocenters. The lowest BCUT2D eigenvalue weighted by atomic mass is 9.91. The van der Waals surface area contributed by atoms with Crippen molar-refractivity contribution in [3.63, 3.8) is 0 Å². The van der Waals surface area contributed by atoms with Gasteiger partial charge in [0.25, 0.3) is 0 Å². The zero-order valence-electron chi connectivity index (χ0n) is 16.5. The van der Waals surface area contributed by atoms with Crippen LogP contribution in [0.1, 0.15) is 19.4 Å². The molecule has 0 spiro atoms. The third-order valence-electron chi connectivity index (χ3n) is 4.90. The molecular formula is C19H31N5O2. The Morgan fingerprint density at radius 3 is 2.46 bits per heavy atom. The number of carbonyl (C=O) groups is 2. The van der Waals surface area contributed by atoms with Crippen LogP contribution in [-0.4, -0.2) is 78.4 Å². The molecule has 3 amide bonds. The molecule has 0 radical (unpaired) electrons. The highest BCUT2D eigenvalue weighted by Gasteiger charge is 2.37. The van der Waals surface area contributed by atoms with Gasteiger partial charge in [-0.1, -0.05) is 13.8 Å². The summed E-state index contributed by atoms with van der Waals surface area (Å²) in [6.45, 7) is 6.62. The van der Waals surface area contributed by atoms with E-state index in [1.807, 2.05) is 29.0 Å². The lowest BCUT2D eigenvalue weighted by molar-refractivity contribution is -0.131. The number of likely N-dealkylation sites (N-methyl/N-ethyl adjacent to an activating group) is 1. The van der Waals surface area contributed by atoms with Crippen LogP contribution in [-0.2, 0) is 11.3 Å². The number of pyridine rings is 1. The quantitative estimate of drug-likeness (QED) is 0.828. The normalized spacial score (nSPS) is 19.9. The monoisotopic (exact) mass is 361 g/mol. The SMILES string of the molecule is CC(C)[C@@H]1CN(C(=O)CN(C)Cc2ccncc2)C[C@H]1NC(=O)N(C)C. The second-order valence-corrected chi connectivity index (χ2v) is 7.68. The number of urea groups is 1. The molecule has 0 aromatic carbocycles. The van der Waals surface area contributed by atoms with Crippen molar-refractivity contribution in [2.24, 2.45) is 11.8 Å². The summed E-state index contributed by atoms with van der Waals surface area (Å²) < 4.78 is 0. The molecule has 7 nitrogen and oxygen atoms in total. The van der Waals surface area contributed by atoms with E-state index in [1.165, 1.54) is 4.90 Å². The number of likely N-dealkylation sites (tertiary alicyclic amines) is 1. The predicted molar refractivity (Wildman–Crippen MR) is 101 cm³/mol. The van der Waals surface area contributed by atoms with Crippen LogP contribution in [0.2, 0.25) is 0 Å². The summed E-state index contributed by atoms with van der Waals surface area (Å²) in [6, 6.07) is 3.81. The molecule has 1 fully saturated rings. The highest BCUT2D eigenvalue weighted by atomic mass is 16.2. The molecule has 7 heteroatoms.